The number of carbonyl (C=O) groups is 2. The van der Waals surface area contributed by atoms with Crippen molar-refractivity contribution in [2.45, 2.75) is 32.1 Å². The van der Waals surface area contributed by atoms with Crippen molar-refractivity contribution in [3.63, 3.8) is 0 Å². The molecule has 146 valence electrons. The highest BCUT2D eigenvalue weighted by Crippen LogP contribution is 2.35. The van der Waals surface area contributed by atoms with Gasteiger partial charge in [0.1, 0.15) is 0 Å². The van der Waals surface area contributed by atoms with Crippen LogP contribution >= 0.6 is 7.60 Å². The molecule has 1 atom stereocenters. The molecule has 1 unspecified atom stereocenters. The number of aliphatic carboxylic acids is 1. The highest BCUT2D eigenvalue weighted by molar-refractivity contribution is 7.86. The van der Waals surface area contributed by atoms with Gasteiger partial charge in [0, 0.05) is 5.57 Å². The molecule has 0 fully saturated rings. The van der Waals surface area contributed by atoms with Gasteiger partial charge in [-0.05, 0) is 24.8 Å². The molecule has 1 amide bonds. The van der Waals surface area contributed by atoms with E-state index in [1.807, 2.05) is 0 Å². The molecular formula is C13H24NO9PS. The Morgan fingerprint density at radius 2 is 1.76 bits per heavy atom. The maximum Gasteiger partial charge on any atom is 0.330 e. The van der Waals surface area contributed by atoms with Crippen LogP contribution in [0, 0.1) is 5.92 Å². The first-order valence-electron chi connectivity index (χ1n) is 6.96. The van der Waals surface area contributed by atoms with Crippen molar-refractivity contribution < 1.29 is 42.0 Å². The molecule has 5 N–H and O–H groups in total. The van der Waals surface area contributed by atoms with Crippen LogP contribution in [-0.4, -0.2) is 51.3 Å². The normalized spacial score (nSPS) is 12.6. The number of hydrogen-bond acceptors (Lipinski definition) is 5. The highest BCUT2D eigenvalue weighted by Gasteiger charge is 2.27. The summed E-state index contributed by atoms with van der Waals surface area (Å²) in [4.78, 5) is 37.7. The van der Waals surface area contributed by atoms with Gasteiger partial charge in [0.2, 0.25) is 5.91 Å². The van der Waals surface area contributed by atoms with Crippen LogP contribution in [0.25, 0.3) is 0 Å². The number of carboxylic acid groups (broad SMARTS) is 1. The Morgan fingerprint density at radius 3 is 2.04 bits per heavy atom. The first-order valence-corrected chi connectivity index (χ1v) is 10.3. The smallest absolute Gasteiger partial charge is 0.330 e. The lowest BCUT2D eigenvalue weighted by Gasteiger charge is -2.17. The van der Waals surface area contributed by atoms with Crippen LogP contribution in [0.15, 0.2) is 24.8 Å². The van der Waals surface area contributed by atoms with Crippen molar-refractivity contribution in [3.05, 3.63) is 24.8 Å². The standard InChI is InChI=1S/C7H13NO4S.C6H11O5P/c1-4-6(9)8-7(5(2)3)13(10,11)12;1-5(6(7)8)3-2-4-12(9,10)11/h4-5,7H,1H2,2-3H3,(H,8,9)(H,10,11,12);1-4H2,(H,7,8)(H2,9,10,11). The van der Waals surface area contributed by atoms with E-state index >= 15 is 0 Å². The molecule has 25 heavy (non-hydrogen) atoms. The molecule has 0 saturated heterocycles. The minimum Gasteiger partial charge on any atom is -0.478 e. The monoisotopic (exact) mass is 401 g/mol. The van der Waals surface area contributed by atoms with Crippen LogP contribution in [0.1, 0.15) is 26.7 Å². The molecular weight excluding hydrogens is 377 g/mol. The van der Waals surface area contributed by atoms with Crippen LogP contribution in [0.3, 0.4) is 0 Å². The summed E-state index contributed by atoms with van der Waals surface area (Å²) in [5.41, 5.74) is -0.0246. The molecule has 0 spiro atoms. The van der Waals surface area contributed by atoms with Crippen molar-refractivity contribution >= 4 is 29.6 Å². The molecule has 0 saturated carbocycles. The van der Waals surface area contributed by atoms with Gasteiger partial charge in [-0.25, -0.2) is 4.79 Å². The fourth-order valence-corrected chi connectivity index (χ4v) is 2.91. The fraction of sp³-hybridized carbons (Fsp3) is 0.538. The summed E-state index contributed by atoms with van der Waals surface area (Å²) in [7, 11) is -8.24. The van der Waals surface area contributed by atoms with Gasteiger partial charge in [-0.3, -0.25) is 13.9 Å². The van der Waals surface area contributed by atoms with Crippen molar-refractivity contribution in [2.75, 3.05) is 6.16 Å². The van der Waals surface area contributed by atoms with Gasteiger partial charge in [0.25, 0.3) is 10.1 Å². The SMILES string of the molecule is C=C(CCCP(=O)(O)O)C(=O)O.C=CC(=O)NC(C(C)C)S(=O)(=O)O. The van der Waals surface area contributed by atoms with E-state index in [-0.39, 0.29) is 24.6 Å². The number of carbonyl (C=O) groups excluding carboxylic acids is 1. The summed E-state index contributed by atoms with van der Waals surface area (Å²) < 4.78 is 40.5. The zero-order valence-corrected chi connectivity index (χ0v) is 15.7. The van der Waals surface area contributed by atoms with E-state index in [4.69, 9.17) is 19.4 Å². The lowest BCUT2D eigenvalue weighted by Crippen LogP contribution is -2.43. The Bertz CT molecular complexity index is 636. The van der Waals surface area contributed by atoms with Crippen molar-refractivity contribution in [1.29, 1.82) is 0 Å². The molecule has 10 nitrogen and oxygen atoms in total. The van der Waals surface area contributed by atoms with Crippen LogP contribution in [0.5, 0.6) is 0 Å². The zero-order valence-electron chi connectivity index (χ0n) is 14.0. The summed E-state index contributed by atoms with van der Waals surface area (Å²) in [5, 5.41) is 9.15. The second kappa shape index (κ2) is 11.2. The van der Waals surface area contributed by atoms with Gasteiger partial charge in [-0.1, -0.05) is 27.0 Å². The van der Waals surface area contributed by atoms with E-state index in [1.165, 1.54) is 0 Å². The molecule has 0 aromatic carbocycles. The number of carboxylic acids is 1. The van der Waals surface area contributed by atoms with E-state index in [9.17, 15) is 22.6 Å². The molecule has 0 aromatic heterocycles. The van der Waals surface area contributed by atoms with Gasteiger partial charge in [0.05, 0.1) is 6.16 Å². The summed E-state index contributed by atoms with van der Waals surface area (Å²) in [6.07, 6.45) is 0.912. The molecule has 0 rings (SSSR count). The topological polar surface area (TPSA) is 178 Å². The molecule has 0 heterocycles. The van der Waals surface area contributed by atoms with Gasteiger partial charge in [0.15, 0.2) is 5.37 Å². The third-order valence-electron chi connectivity index (χ3n) is 2.63. The summed E-state index contributed by atoms with van der Waals surface area (Å²) in [5.74, 6) is -2.16. The summed E-state index contributed by atoms with van der Waals surface area (Å²) in [6.45, 7) is 9.53. The van der Waals surface area contributed by atoms with Gasteiger partial charge in [-0.2, -0.15) is 8.42 Å². The Labute approximate surface area is 146 Å². The van der Waals surface area contributed by atoms with Gasteiger partial charge >= 0.3 is 13.6 Å². The minimum atomic E-state index is -4.25. The van der Waals surface area contributed by atoms with E-state index < -0.39 is 40.9 Å². The van der Waals surface area contributed by atoms with E-state index in [0.717, 1.165) is 6.08 Å². The molecule has 0 aliphatic carbocycles. The summed E-state index contributed by atoms with van der Waals surface area (Å²) >= 11 is 0. The molecule has 0 bridgehead atoms. The molecule has 0 aliphatic rings. The van der Waals surface area contributed by atoms with E-state index in [2.05, 4.69) is 18.5 Å². The fourth-order valence-electron chi connectivity index (χ4n) is 1.39. The average Bonchev–Trinajstić information content (AvgIpc) is 2.41. The molecule has 0 aromatic rings. The predicted octanol–water partition coefficient (Wildman–Crippen LogP) is 0.744. The van der Waals surface area contributed by atoms with Crippen LogP contribution in [0.4, 0.5) is 0 Å². The first-order chi connectivity index (χ1) is 11.1. The molecule has 0 aliphatic heterocycles. The van der Waals surface area contributed by atoms with Crippen LogP contribution < -0.4 is 5.32 Å². The third kappa shape index (κ3) is 14.5. The second-order valence-corrected chi connectivity index (χ2v) is 8.61. The molecule has 0 radical (unpaired) electrons. The van der Waals surface area contributed by atoms with Gasteiger partial charge in [-0.15, -0.1) is 0 Å². The maximum absolute atomic E-state index is 10.8. The largest absolute Gasteiger partial charge is 0.478 e. The van der Waals surface area contributed by atoms with E-state index in [0.29, 0.717) is 0 Å². The lowest BCUT2D eigenvalue weighted by molar-refractivity contribution is -0.132. The lowest BCUT2D eigenvalue weighted by atomic mass is 10.2. The van der Waals surface area contributed by atoms with Crippen molar-refractivity contribution in [1.82, 2.24) is 5.32 Å². The Hall–Kier alpha value is -1.52. The summed E-state index contributed by atoms with van der Waals surface area (Å²) in [6, 6.07) is 0. The van der Waals surface area contributed by atoms with Crippen molar-refractivity contribution in [2.24, 2.45) is 5.92 Å². The number of nitrogens with one attached hydrogen (secondary N) is 1. The minimum absolute atomic E-state index is 0.0246. The van der Waals surface area contributed by atoms with Gasteiger partial charge < -0.3 is 20.2 Å². The Morgan fingerprint density at radius 1 is 1.28 bits per heavy atom. The second-order valence-electron chi connectivity index (χ2n) is 5.29. The van der Waals surface area contributed by atoms with E-state index in [1.54, 1.807) is 13.8 Å². The number of amides is 1. The Kier molecular flexibility index (Phi) is 11.5. The quantitative estimate of drug-likeness (QED) is 0.212. The van der Waals surface area contributed by atoms with Crippen LogP contribution in [0.2, 0.25) is 0 Å². The van der Waals surface area contributed by atoms with Crippen molar-refractivity contribution in [3.8, 4) is 0 Å². The molecule has 12 heteroatoms. The highest BCUT2D eigenvalue weighted by atomic mass is 32.2. The Balaban J connectivity index is 0. The van der Waals surface area contributed by atoms with Crippen LogP contribution in [-0.2, 0) is 24.3 Å². The maximum atomic E-state index is 10.8. The zero-order chi connectivity index (χ0) is 20.4. The third-order valence-corrected chi connectivity index (χ3v) is 4.83. The first kappa shape index (κ1) is 25.7. The number of rotatable bonds is 9. The average molecular weight is 401 g/mol. The number of hydrogen-bond donors (Lipinski definition) is 5. The predicted molar refractivity (Wildman–Crippen MR) is 91.4 cm³/mol.